The fourth-order valence-electron chi connectivity index (χ4n) is 0.951. The number of nitrogens with one attached hydrogen (secondary N) is 1. The van der Waals surface area contributed by atoms with E-state index in [0.717, 1.165) is 0 Å². The van der Waals surface area contributed by atoms with Crippen LogP contribution in [0.5, 0.6) is 0 Å². The lowest BCUT2D eigenvalue weighted by Crippen LogP contribution is -2.58. The molecular weight excluding hydrogens is 106 g/mol. The Kier molecular flexibility index (Phi) is 0.707. The molecule has 0 unspecified atom stereocenters. The van der Waals surface area contributed by atoms with Gasteiger partial charge in [-0.05, 0) is 0 Å². The molecule has 0 atom stereocenters. The first-order valence-electron chi connectivity index (χ1n) is 2.58. The second-order valence-corrected chi connectivity index (χ2v) is 3.25. The zero-order chi connectivity index (χ0) is 4.74. The van der Waals surface area contributed by atoms with Crippen molar-refractivity contribution in [1.82, 2.24) is 5.32 Å². The average molecular weight is 114 g/mol. The van der Waals surface area contributed by atoms with Gasteiger partial charge in [-0.1, -0.05) is 0 Å². The van der Waals surface area contributed by atoms with E-state index in [0.29, 0.717) is 5.41 Å². The van der Waals surface area contributed by atoms with E-state index in [9.17, 15) is 0 Å². The second kappa shape index (κ2) is 1.17. The van der Waals surface area contributed by atoms with Gasteiger partial charge in [0.05, 0.1) is 0 Å². The molecule has 0 aromatic carbocycles. The highest BCUT2D eigenvalue weighted by Crippen LogP contribution is 2.45. The normalized spacial score (nSPS) is 34.3. The molecule has 39 valence electrons. The summed E-state index contributed by atoms with van der Waals surface area (Å²) in [5.74, 6) is 3.73. The van der Waals surface area contributed by atoms with Crippen LogP contribution in [0.3, 0.4) is 0 Å². The molecule has 2 aliphatic rings. The van der Waals surface area contributed by atoms with Gasteiger partial charge in [0.25, 0.3) is 0 Å². The summed E-state index contributed by atoms with van der Waals surface area (Å²) in [7, 11) is 0. The SMILES string of the molecule is [CH]1SCC12CNC2. The summed E-state index contributed by atoms with van der Waals surface area (Å²) in [5, 5.41) is 3.26. The maximum absolute atomic E-state index is 3.26. The summed E-state index contributed by atoms with van der Waals surface area (Å²) in [6.07, 6.45) is 0. The number of hydrogen-bond acceptors (Lipinski definition) is 2. The maximum Gasteiger partial charge on any atom is 0.0262 e. The molecule has 0 amide bonds. The molecule has 1 radical (unpaired) electrons. The molecule has 0 aromatic heterocycles. The van der Waals surface area contributed by atoms with Gasteiger partial charge < -0.3 is 5.32 Å². The Morgan fingerprint density at radius 3 is 2.29 bits per heavy atom. The average Bonchev–Trinajstić information content (AvgIpc) is 1.20. The minimum Gasteiger partial charge on any atom is -0.315 e. The molecule has 2 aliphatic heterocycles. The minimum absolute atomic E-state index is 0.671. The van der Waals surface area contributed by atoms with Gasteiger partial charge in [0.2, 0.25) is 0 Å². The van der Waals surface area contributed by atoms with E-state index in [1.165, 1.54) is 18.8 Å². The summed E-state index contributed by atoms with van der Waals surface area (Å²) in [5.41, 5.74) is 0.671. The van der Waals surface area contributed by atoms with Crippen molar-refractivity contribution in [1.29, 1.82) is 0 Å². The third-order valence-electron chi connectivity index (χ3n) is 1.66. The zero-order valence-electron chi connectivity index (χ0n) is 4.11. The zero-order valence-corrected chi connectivity index (χ0v) is 4.92. The Hall–Kier alpha value is 0.310. The van der Waals surface area contributed by atoms with Crippen molar-refractivity contribution in [2.45, 2.75) is 0 Å². The van der Waals surface area contributed by atoms with Crippen molar-refractivity contribution in [2.75, 3.05) is 18.8 Å². The van der Waals surface area contributed by atoms with Gasteiger partial charge in [0.1, 0.15) is 0 Å². The van der Waals surface area contributed by atoms with Gasteiger partial charge in [-0.2, -0.15) is 11.8 Å². The quantitative estimate of drug-likeness (QED) is 0.491. The molecule has 2 fully saturated rings. The summed E-state index contributed by atoms with van der Waals surface area (Å²) >= 11 is 1.95. The Bertz CT molecular complexity index is 68.6. The van der Waals surface area contributed by atoms with Gasteiger partial charge >= 0.3 is 0 Å². The van der Waals surface area contributed by atoms with Crippen LogP contribution in [-0.4, -0.2) is 18.8 Å². The molecule has 1 N–H and O–H groups in total. The molecular formula is C5H8NS. The largest absolute Gasteiger partial charge is 0.315 e. The number of rotatable bonds is 0. The molecule has 2 rings (SSSR count). The van der Waals surface area contributed by atoms with Crippen LogP contribution in [0.15, 0.2) is 0 Å². The highest BCUT2D eigenvalue weighted by molar-refractivity contribution is 8.02. The van der Waals surface area contributed by atoms with Crippen LogP contribution in [0, 0.1) is 11.2 Å². The second-order valence-electron chi connectivity index (χ2n) is 2.39. The lowest BCUT2D eigenvalue weighted by molar-refractivity contribution is 0.252. The third kappa shape index (κ3) is 0.441. The molecule has 7 heavy (non-hydrogen) atoms. The van der Waals surface area contributed by atoms with Gasteiger partial charge in [0.15, 0.2) is 0 Å². The van der Waals surface area contributed by atoms with Crippen LogP contribution in [0.1, 0.15) is 0 Å². The Labute approximate surface area is 47.9 Å². The Morgan fingerprint density at radius 2 is 2.29 bits per heavy atom. The van der Waals surface area contributed by atoms with E-state index in [4.69, 9.17) is 0 Å². The van der Waals surface area contributed by atoms with Gasteiger partial charge in [-0.15, -0.1) is 0 Å². The van der Waals surface area contributed by atoms with Crippen molar-refractivity contribution in [3.8, 4) is 0 Å². The first-order valence-corrected chi connectivity index (χ1v) is 3.63. The molecule has 0 aliphatic carbocycles. The highest BCUT2D eigenvalue weighted by atomic mass is 32.2. The van der Waals surface area contributed by atoms with Crippen molar-refractivity contribution >= 4 is 11.8 Å². The van der Waals surface area contributed by atoms with Crippen LogP contribution >= 0.6 is 11.8 Å². The van der Waals surface area contributed by atoms with E-state index in [1.807, 2.05) is 11.8 Å². The topological polar surface area (TPSA) is 12.0 Å². The van der Waals surface area contributed by atoms with Gasteiger partial charge in [-0.3, -0.25) is 0 Å². The predicted molar refractivity (Wildman–Crippen MR) is 32.1 cm³/mol. The van der Waals surface area contributed by atoms with E-state index in [1.54, 1.807) is 0 Å². The van der Waals surface area contributed by atoms with Crippen LogP contribution in [0.2, 0.25) is 0 Å². The molecule has 1 nitrogen and oxygen atoms in total. The van der Waals surface area contributed by atoms with E-state index in [-0.39, 0.29) is 0 Å². The van der Waals surface area contributed by atoms with Crippen molar-refractivity contribution in [3.63, 3.8) is 0 Å². The highest BCUT2D eigenvalue weighted by Gasteiger charge is 2.43. The first-order chi connectivity index (χ1) is 3.41. The van der Waals surface area contributed by atoms with Crippen LogP contribution in [-0.2, 0) is 0 Å². The van der Waals surface area contributed by atoms with E-state index in [2.05, 4.69) is 11.1 Å². The molecule has 2 saturated heterocycles. The summed E-state index contributed by atoms with van der Waals surface area (Å²) in [4.78, 5) is 0. The molecule has 0 aromatic rings. The molecule has 2 heterocycles. The fraction of sp³-hybridized carbons (Fsp3) is 0.800. The van der Waals surface area contributed by atoms with E-state index >= 15 is 0 Å². The number of thioether (sulfide) groups is 1. The summed E-state index contributed by atoms with van der Waals surface area (Å²) in [6, 6.07) is 0. The molecule has 0 bridgehead atoms. The smallest absolute Gasteiger partial charge is 0.0262 e. The monoisotopic (exact) mass is 114 g/mol. The lowest BCUT2D eigenvalue weighted by atomic mass is 9.85. The Balaban J connectivity index is 2.00. The summed E-state index contributed by atoms with van der Waals surface area (Å²) in [6.45, 7) is 2.47. The summed E-state index contributed by atoms with van der Waals surface area (Å²) < 4.78 is 0. The van der Waals surface area contributed by atoms with Crippen LogP contribution in [0.25, 0.3) is 0 Å². The minimum atomic E-state index is 0.671. The van der Waals surface area contributed by atoms with Crippen molar-refractivity contribution < 1.29 is 0 Å². The van der Waals surface area contributed by atoms with Gasteiger partial charge in [0, 0.05) is 30.0 Å². The molecule has 2 heteroatoms. The van der Waals surface area contributed by atoms with Crippen molar-refractivity contribution in [3.05, 3.63) is 5.75 Å². The van der Waals surface area contributed by atoms with Crippen LogP contribution < -0.4 is 5.32 Å². The predicted octanol–water partition coefficient (Wildman–Crippen LogP) is 0.485. The molecule has 0 saturated carbocycles. The first kappa shape index (κ1) is 4.21. The molecule has 1 spiro atoms. The Morgan fingerprint density at radius 1 is 1.57 bits per heavy atom. The van der Waals surface area contributed by atoms with E-state index < -0.39 is 0 Å². The van der Waals surface area contributed by atoms with Gasteiger partial charge in [-0.25, -0.2) is 0 Å². The fourth-order valence-corrected chi connectivity index (χ4v) is 1.96. The van der Waals surface area contributed by atoms with Crippen molar-refractivity contribution in [2.24, 2.45) is 5.41 Å². The van der Waals surface area contributed by atoms with Crippen LogP contribution in [0.4, 0.5) is 0 Å². The lowest BCUT2D eigenvalue weighted by Gasteiger charge is -2.48. The third-order valence-corrected chi connectivity index (χ3v) is 3.07. The standard InChI is InChI=1S/C5H8NS/c1-5(2-6-1)3-7-4-5/h3,6H,1-2,4H2. The number of hydrogen-bond donors (Lipinski definition) is 1. The maximum atomic E-state index is 3.26.